The Bertz CT molecular complexity index is 2480. The van der Waals surface area contributed by atoms with Crippen molar-refractivity contribution < 1.29 is 28.6 Å². The molecule has 5 heterocycles. The van der Waals surface area contributed by atoms with Gasteiger partial charge in [0.15, 0.2) is 10.9 Å². The number of pyridine rings is 2. The number of anilines is 5. The third-order valence-electron chi connectivity index (χ3n) is 11.8. The maximum Gasteiger partial charge on any atom is 0.263 e. The second-order valence-electron chi connectivity index (χ2n) is 16.1. The number of carbonyl (C=O) groups is 3. The molecule has 1 saturated heterocycles. The smallest absolute Gasteiger partial charge is 0.263 e. The van der Waals surface area contributed by atoms with E-state index in [1.807, 2.05) is 49.9 Å². The Morgan fingerprint density at radius 1 is 0.828 bits per heavy atom. The van der Waals surface area contributed by atoms with E-state index in [1.165, 1.54) is 18.3 Å². The molecule has 1 aliphatic carbocycles. The van der Waals surface area contributed by atoms with Gasteiger partial charge in [0.25, 0.3) is 11.5 Å². The number of aryl methyl sites for hydroxylation is 3. The molecule has 18 heteroatoms. The van der Waals surface area contributed by atoms with Crippen LogP contribution in [0.4, 0.5) is 28.3 Å². The van der Waals surface area contributed by atoms with Crippen LogP contribution in [0, 0.1) is 27.7 Å². The van der Waals surface area contributed by atoms with Gasteiger partial charge in [-0.05, 0) is 82.9 Å². The molecule has 1 aliphatic heterocycles. The van der Waals surface area contributed by atoms with E-state index in [2.05, 4.69) is 35.8 Å². The molecule has 1 saturated carbocycles. The minimum absolute atomic E-state index is 0.00264. The predicted molar refractivity (Wildman–Crippen MR) is 249 cm³/mol. The number of nitrogens with zero attached hydrogens (tertiary/aromatic N) is 7. The Kier molecular flexibility index (Phi) is 15.7. The fraction of sp³-hybridized carbons (Fsp3) is 0.478. The van der Waals surface area contributed by atoms with Crippen LogP contribution in [0.5, 0.6) is 0 Å². The molecule has 1 aromatic carbocycles. The number of ketones is 1. The van der Waals surface area contributed by atoms with Crippen molar-refractivity contribution in [2.24, 2.45) is 0 Å². The Morgan fingerprint density at radius 3 is 2.22 bits per heavy atom. The zero-order chi connectivity index (χ0) is 45.2. The molecule has 340 valence electrons. The summed E-state index contributed by atoms with van der Waals surface area (Å²) in [5.74, 6) is 0.502. The molecule has 0 unspecified atom stereocenters. The number of aromatic nitrogens is 5. The van der Waals surface area contributed by atoms with Crippen molar-refractivity contribution in [1.82, 2.24) is 29.4 Å². The van der Waals surface area contributed by atoms with Crippen molar-refractivity contribution in [2.45, 2.75) is 72.8 Å². The fourth-order valence-corrected chi connectivity index (χ4v) is 8.98. The lowest BCUT2D eigenvalue weighted by atomic mass is 10.0. The predicted octanol–water partition coefficient (Wildman–Crippen LogP) is 6.39. The first kappa shape index (κ1) is 46.2. The molecule has 2 aliphatic rings. The van der Waals surface area contributed by atoms with E-state index in [1.54, 1.807) is 30.0 Å². The lowest BCUT2D eigenvalue weighted by Crippen LogP contribution is -2.49. The van der Waals surface area contributed by atoms with Gasteiger partial charge in [-0.15, -0.1) is 11.3 Å². The highest BCUT2D eigenvalue weighted by Crippen LogP contribution is 2.32. The summed E-state index contributed by atoms with van der Waals surface area (Å²) >= 11 is 1.46. The summed E-state index contributed by atoms with van der Waals surface area (Å²) in [6, 6.07) is 9.43. The molecule has 64 heavy (non-hydrogen) atoms. The summed E-state index contributed by atoms with van der Waals surface area (Å²) < 4.78 is 18.7. The number of hydrogen-bond acceptors (Lipinski definition) is 15. The number of Topliss-reactive ketones (excluding diaryl/α,β-unsaturated/α-hetero) is 1. The molecule has 7 rings (SSSR count). The highest BCUT2D eigenvalue weighted by atomic mass is 32.1. The molecule has 2 amide bonds. The zero-order valence-corrected chi connectivity index (χ0v) is 38.1. The van der Waals surface area contributed by atoms with Gasteiger partial charge in [0, 0.05) is 66.5 Å². The molecule has 0 spiro atoms. The second-order valence-corrected chi connectivity index (χ2v) is 17.3. The van der Waals surface area contributed by atoms with Crippen molar-refractivity contribution in [3.05, 3.63) is 85.9 Å². The van der Waals surface area contributed by atoms with Gasteiger partial charge < -0.3 is 34.6 Å². The van der Waals surface area contributed by atoms with Gasteiger partial charge in [0.1, 0.15) is 11.5 Å². The number of nitrogens with one attached hydrogen (secondary N) is 3. The van der Waals surface area contributed by atoms with Gasteiger partial charge in [0.05, 0.1) is 69.2 Å². The maximum atomic E-state index is 13.6. The number of rotatable bonds is 20. The van der Waals surface area contributed by atoms with Gasteiger partial charge in [0.2, 0.25) is 11.9 Å². The normalized spacial score (nSPS) is 14.3. The molecule has 17 nitrogen and oxygen atoms in total. The molecule has 2 fully saturated rings. The first-order chi connectivity index (χ1) is 31.0. The number of ether oxygens (including phenoxy) is 3. The number of fused-ring (bicyclic) bond motifs is 1. The van der Waals surface area contributed by atoms with E-state index in [-0.39, 0.29) is 34.8 Å². The van der Waals surface area contributed by atoms with E-state index in [0.29, 0.717) is 118 Å². The molecular formula is C46H58N10O7S. The number of piperazine rings is 1. The van der Waals surface area contributed by atoms with Crippen LogP contribution < -0.4 is 26.4 Å². The van der Waals surface area contributed by atoms with Crippen LogP contribution in [-0.4, -0.2) is 119 Å². The van der Waals surface area contributed by atoms with Gasteiger partial charge in [-0.25, -0.2) is 15.0 Å². The van der Waals surface area contributed by atoms with E-state index in [0.717, 1.165) is 53.2 Å². The Morgan fingerprint density at radius 2 is 1.55 bits per heavy atom. The summed E-state index contributed by atoms with van der Waals surface area (Å²) in [6.07, 6.45) is 7.58. The van der Waals surface area contributed by atoms with Crippen molar-refractivity contribution in [3.8, 4) is 0 Å². The maximum absolute atomic E-state index is 13.6. The quantitative estimate of drug-likeness (QED) is 0.0575. The SMILES string of the molecule is CC(=O)c1c(C)c2cnc(Nc3ccc(N4CCN(C(=O)CCOCCOCCOCCNc5cccc(C(=O)Nc6nc(C)c(C)s6)c5C)CC4)cn3)nc2n(C2CCCC2)c1=O. The van der Waals surface area contributed by atoms with Crippen LogP contribution in [0.25, 0.3) is 11.0 Å². The molecule has 5 aromatic rings. The lowest BCUT2D eigenvalue weighted by Gasteiger charge is -2.36. The highest BCUT2D eigenvalue weighted by molar-refractivity contribution is 7.15. The third kappa shape index (κ3) is 11.3. The number of amides is 2. The Balaban J connectivity index is 0.753. The molecule has 3 N–H and O–H groups in total. The molecule has 0 atom stereocenters. The Labute approximate surface area is 377 Å². The summed E-state index contributed by atoms with van der Waals surface area (Å²) in [5, 5.41) is 10.7. The molecule has 0 bridgehead atoms. The minimum Gasteiger partial charge on any atom is -0.382 e. The van der Waals surface area contributed by atoms with Gasteiger partial charge in [-0.1, -0.05) is 18.9 Å². The fourth-order valence-electron chi connectivity index (χ4n) is 8.17. The van der Waals surface area contributed by atoms with Gasteiger partial charge in [-0.3, -0.25) is 29.1 Å². The topological polar surface area (TPSA) is 195 Å². The van der Waals surface area contributed by atoms with E-state index in [9.17, 15) is 19.2 Å². The van der Waals surface area contributed by atoms with Crippen molar-refractivity contribution in [3.63, 3.8) is 0 Å². The first-order valence-corrected chi connectivity index (χ1v) is 22.8. The van der Waals surface area contributed by atoms with Crippen LogP contribution in [0.1, 0.15) is 87.5 Å². The Hall–Kier alpha value is -5.82. The van der Waals surface area contributed by atoms with Crippen LogP contribution in [0.3, 0.4) is 0 Å². The van der Waals surface area contributed by atoms with Crippen LogP contribution in [0.15, 0.2) is 47.5 Å². The van der Waals surface area contributed by atoms with Crippen molar-refractivity contribution in [1.29, 1.82) is 0 Å². The summed E-state index contributed by atoms with van der Waals surface area (Å²) in [7, 11) is 0. The summed E-state index contributed by atoms with van der Waals surface area (Å²) in [4.78, 5) is 75.2. The van der Waals surface area contributed by atoms with Crippen molar-refractivity contribution in [2.75, 3.05) is 93.2 Å². The highest BCUT2D eigenvalue weighted by Gasteiger charge is 2.26. The van der Waals surface area contributed by atoms with Gasteiger partial charge in [-0.2, -0.15) is 4.98 Å². The standard InChI is InChI=1S/C46H58N10O7S/c1-29-36(43(59)53-46-50-31(3)33(5)64-46)11-8-12-38(29)47-16-22-62-24-26-63-25-23-61-21-15-40(58)55-19-17-54(18-20-55)35-13-14-39(48-27-35)51-45-49-28-37-30(2)41(32(4)57)44(60)56(42(37)52-45)34-9-6-7-10-34/h8,11-14,27-28,34,47H,6-7,9-10,15-26H2,1-5H3,(H,50,53,59)(H,48,49,51,52). The lowest BCUT2D eigenvalue weighted by molar-refractivity contribution is -0.132. The zero-order valence-electron chi connectivity index (χ0n) is 37.3. The van der Waals surface area contributed by atoms with Crippen LogP contribution in [0.2, 0.25) is 0 Å². The monoisotopic (exact) mass is 894 g/mol. The molecular weight excluding hydrogens is 837 g/mol. The number of hydrogen-bond donors (Lipinski definition) is 3. The summed E-state index contributed by atoms with van der Waals surface area (Å²) in [5.41, 5.74) is 5.23. The molecule has 4 aromatic heterocycles. The average Bonchev–Trinajstić information content (AvgIpc) is 3.93. The van der Waals surface area contributed by atoms with E-state index < -0.39 is 0 Å². The number of thiazole rings is 1. The van der Waals surface area contributed by atoms with E-state index >= 15 is 0 Å². The number of benzene rings is 1. The van der Waals surface area contributed by atoms with Crippen LogP contribution >= 0.6 is 11.3 Å². The average molecular weight is 895 g/mol. The van der Waals surface area contributed by atoms with E-state index in [4.69, 9.17) is 19.2 Å². The third-order valence-corrected chi connectivity index (χ3v) is 12.8. The molecule has 0 radical (unpaired) electrons. The van der Waals surface area contributed by atoms with Crippen molar-refractivity contribution >= 4 is 68.2 Å². The first-order valence-electron chi connectivity index (χ1n) is 22.0. The van der Waals surface area contributed by atoms with Gasteiger partial charge >= 0.3 is 0 Å². The number of carbonyl (C=O) groups excluding carboxylic acids is 3. The van der Waals surface area contributed by atoms with Crippen LogP contribution in [-0.2, 0) is 19.0 Å². The second kappa shape index (κ2) is 21.7. The largest absolute Gasteiger partial charge is 0.382 e. The summed E-state index contributed by atoms with van der Waals surface area (Å²) in [6.45, 7) is 14.7. The minimum atomic E-state index is -0.286.